The SMILES string of the molecule is COc1nc(Nc2ccc(Br)c(C)c2)ccc1N. The number of nitrogens with two attached hydrogens (primary N) is 1. The fraction of sp³-hybridized carbons (Fsp3) is 0.154. The van der Waals surface area contributed by atoms with E-state index < -0.39 is 0 Å². The minimum Gasteiger partial charge on any atom is -0.479 e. The van der Waals surface area contributed by atoms with Gasteiger partial charge < -0.3 is 15.8 Å². The molecule has 0 unspecified atom stereocenters. The molecule has 1 aromatic carbocycles. The molecule has 4 nitrogen and oxygen atoms in total. The Balaban J connectivity index is 2.25. The molecule has 0 aliphatic carbocycles. The summed E-state index contributed by atoms with van der Waals surface area (Å²) < 4.78 is 6.16. The van der Waals surface area contributed by atoms with Crippen molar-refractivity contribution in [2.45, 2.75) is 6.92 Å². The predicted molar refractivity (Wildman–Crippen MR) is 77.4 cm³/mol. The molecule has 0 aliphatic heterocycles. The first-order valence-corrected chi connectivity index (χ1v) is 6.23. The highest BCUT2D eigenvalue weighted by Gasteiger charge is 2.04. The smallest absolute Gasteiger partial charge is 0.238 e. The Bertz CT molecular complexity index is 572. The second-order valence-corrected chi connectivity index (χ2v) is 4.74. The number of aryl methyl sites for hydroxylation is 1. The fourth-order valence-electron chi connectivity index (χ4n) is 1.55. The zero-order valence-corrected chi connectivity index (χ0v) is 11.8. The lowest BCUT2D eigenvalue weighted by Gasteiger charge is -2.09. The van der Waals surface area contributed by atoms with Crippen LogP contribution in [0, 0.1) is 6.92 Å². The molecule has 3 N–H and O–H groups in total. The van der Waals surface area contributed by atoms with Crippen LogP contribution < -0.4 is 15.8 Å². The average Bonchev–Trinajstić information content (AvgIpc) is 2.36. The van der Waals surface area contributed by atoms with Crippen LogP contribution in [0.5, 0.6) is 5.88 Å². The fourth-order valence-corrected chi connectivity index (χ4v) is 1.80. The third kappa shape index (κ3) is 2.73. The summed E-state index contributed by atoms with van der Waals surface area (Å²) >= 11 is 3.47. The van der Waals surface area contributed by atoms with Crippen molar-refractivity contribution < 1.29 is 4.74 Å². The van der Waals surface area contributed by atoms with Crippen LogP contribution in [0.1, 0.15) is 5.56 Å². The summed E-state index contributed by atoms with van der Waals surface area (Å²) in [5, 5.41) is 3.21. The van der Waals surface area contributed by atoms with Crippen LogP contribution in [0.3, 0.4) is 0 Å². The first-order valence-electron chi connectivity index (χ1n) is 5.44. The summed E-state index contributed by atoms with van der Waals surface area (Å²) in [6, 6.07) is 9.58. The number of anilines is 3. The van der Waals surface area contributed by atoms with Crippen LogP contribution in [-0.4, -0.2) is 12.1 Å². The summed E-state index contributed by atoms with van der Waals surface area (Å²) in [5.74, 6) is 1.12. The standard InChI is InChI=1S/C13H14BrN3O/c1-8-7-9(3-4-10(8)14)16-12-6-5-11(15)13(17-12)18-2/h3-7H,15H2,1-2H3,(H,16,17). The van der Waals surface area contributed by atoms with Gasteiger partial charge in [0.25, 0.3) is 0 Å². The lowest BCUT2D eigenvalue weighted by molar-refractivity contribution is 0.401. The number of halogens is 1. The number of nitrogens with zero attached hydrogens (tertiary/aromatic N) is 1. The lowest BCUT2D eigenvalue weighted by atomic mass is 10.2. The number of aromatic nitrogens is 1. The Kier molecular flexibility index (Phi) is 3.72. The van der Waals surface area contributed by atoms with E-state index in [2.05, 4.69) is 26.2 Å². The number of hydrogen-bond acceptors (Lipinski definition) is 4. The van der Waals surface area contributed by atoms with Gasteiger partial charge in [-0.25, -0.2) is 0 Å². The van der Waals surface area contributed by atoms with Crippen molar-refractivity contribution in [3.8, 4) is 5.88 Å². The average molecular weight is 308 g/mol. The van der Waals surface area contributed by atoms with E-state index in [9.17, 15) is 0 Å². The molecule has 0 saturated heterocycles. The Morgan fingerprint density at radius 2 is 2.06 bits per heavy atom. The molecule has 0 radical (unpaired) electrons. The van der Waals surface area contributed by atoms with Gasteiger partial charge in [-0.3, -0.25) is 0 Å². The molecule has 18 heavy (non-hydrogen) atoms. The summed E-state index contributed by atoms with van der Waals surface area (Å²) in [5.41, 5.74) is 8.36. The number of ether oxygens (including phenoxy) is 1. The van der Waals surface area contributed by atoms with Gasteiger partial charge in [0.2, 0.25) is 5.88 Å². The second kappa shape index (κ2) is 5.27. The van der Waals surface area contributed by atoms with Gasteiger partial charge >= 0.3 is 0 Å². The number of methoxy groups -OCH3 is 1. The molecule has 2 rings (SSSR count). The number of hydrogen-bond donors (Lipinski definition) is 2. The summed E-state index contributed by atoms with van der Waals surface area (Å²) in [7, 11) is 1.55. The lowest BCUT2D eigenvalue weighted by Crippen LogP contribution is -1.99. The molecule has 1 heterocycles. The maximum absolute atomic E-state index is 5.72. The van der Waals surface area contributed by atoms with Gasteiger partial charge in [-0.1, -0.05) is 15.9 Å². The number of rotatable bonds is 3. The Morgan fingerprint density at radius 1 is 1.28 bits per heavy atom. The molecular formula is C13H14BrN3O. The van der Waals surface area contributed by atoms with Crippen molar-refractivity contribution in [1.82, 2.24) is 4.98 Å². The zero-order chi connectivity index (χ0) is 13.1. The van der Waals surface area contributed by atoms with Crippen LogP contribution in [-0.2, 0) is 0 Å². The van der Waals surface area contributed by atoms with Crippen molar-refractivity contribution in [3.63, 3.8) is 0 Å². The van der Waals surface area contributed by atoms with E-state index in [1.165, 1.54) is 0 Å². The van der Waals surface area contributed by atoms with Crippen LogP contribution in [0.15, 0.2) is 34.8 Å². The van der Waals surface area contributed by atoms with Gasteiger partial charge in [0.05, 0.1) is 12.8 Å². The largest absolute Gasteiger partial charge is 0.479 e. The Labute approximate surface area is 114 Å². The summed E-state index contributed by atoms with van der Waals surface area (Å²) in [6.45, 7) is 2.03. The monoisotopic (exact) mass is 307 g/mol. The van der Waals surface area contributed by atoms with E-state index in [0.717, 1.165) is 15.7 Å². The number of pyridine rings is 1. The highest BCUT2D eigenvalue weighted by Crippen LogP contribution is 2.25. The number of nitrogens with one attached hydrogen (secondary N) is 1. The molecule has 0 bridgehead atoms. The van der Waals surface area contributed by atoms with Crippen LogP contribution in [0.25, 0.3) is 0 Å². The van der Waals surface area contributed by atoms with Crippen LogP contribution >= 0.6 is 15.9 Å². The van der Waals surface area contributed by atoms with E-state index >= 15 is 0 Å². The molecule has 0 aliphatic rings. The molecule has 2 aromatic rings. The third-order valence-corrected chi connectivity index (χ3v) is 3.40. The van der Waals surface area contributed by atoms with Crippen LogP contribution in [0.4, 0.5) is 17.2 Å². The van der Waals surface area contributed by atoms with Gasteiger partial charge in [-0.2, -0.15) is 4.98 Å². The molecule has 0 fully saturated rings. The quantitative estimate of drug-likeness (QED) is 0.911. The van der Waals surface area contributed by atoms with Crippen molar-refractivity contribution >= 4 is 33.1 Å². The summed E-state index contributed by atoms with van der Waals surface area (Å²) in [6.07, 6.45) is 0. The Hall–Kier alpha value is -1.75. The maximum Gasteiger partial charge on any atom is 0.238 e. The Morgan fingerprint density at radius 3 is 2.72 bits per heavy atom. The van der Waals surface area contributed by atoms with E-state index in [4.69, 9.17) is 10.5 Å². The van der Waals surface area contributed by atoms with Gasteiger partial charge in [-0.15, -0.1) is 0 Å². The molecular weight excluding hydrogens is 294 g/mol. The predicted octanol–water partition coefficient (Wildman–Crippen LogP) is 3.49. The van der Waals surface area contributed by atoms with Crippen molar-refractivity contribution in [1.29, 1.82) is 0 Å². The number of nitrogen functional groups attached to an aromatic ring is 1. The molecule has 0 atom stereocenters. The molecule has 1 aromatic heterocycles. The minimum absolute atomic E-state index is 0.425. The highest BCUT2D eigenvalue weighted by molar-refractivity contribution is 9.10. The first kappa shape index (κ1) is 12.7. The minimum atomic E-state index is 0.425. The molecule has 94 valence electrons. The van der Waals surface area contributed by atoms with Gasteiger partial charge in [-0.05, 0) is 42.8 Å². The third-order valence-electron chi connectivity index (χ3n) is 2.51. The molecule has 0 spiro atoms. The highest BCUT2D eigenvalue weighted by atomic mass is 79.9. The molecule has 5 heteroatoms. The number of benzene rings is 1. The van der Waals surface area contributed by atoms with Gasteiger partial charge in [0.1, 0.15) is 5.82 Å². The zero-order valence-electron chi connectivity index (χ0n) is 10.2. The molecule has 0 saturated carbocycles. The van der Waals surface area contributed by atoms with E-state index in [0.29, 0.717) is 17.4 Å². The van der Waals surface area contributed by atoms with Crippen molar-refractivity contribution in [3.05, 3.63) is 40.4 Å². The first-order chi connectivity index (χ1) is 8.60. The van der Waals surface area contributed by atoms with E-state index in [1.807, 2.05) is 31.2 Å². The summed E-state index contributed by atoms with van der Waals surface area (Å²) in [4.78, 5) is 4.27. The van der Waals surface area contributed by atoms with E-state index in [-0.39, 0.29) is 0 Å². The van der Waals surface area contributed by atoms with Crippen LogP contribution in [0.2, 0.25) is 0 Å². The topological polar surface area (TPSA) is 60.2 Å². The van der Waals surface area contributed by atoms with Crippen molar-refractivity contribution in [2.75, 3.05) is 18.2 Å². The normalized spacial score (nSPS) is 10.2. The molecule has 0 amide bonds. The van der Waals surface area contributed by atoms with Crippen molar-refractivity contribution in [2.24, 2.45) is 0 Å². The van der Waals surface area contributed by atoms with Gasteiger partial charge in [0, 0.05) is 10.2 Å². The van der Waals surface area contributed by atoms with E-state index in [1.54, 1.807) is 13.2 Å². The second-order valence-electron chi connectivity index (χ2n) is 3.88. The van der Waals surface area contributed by atoms with Gasteiger partial charge in [0.15, 0.2) is 0 Å². The maximum atomic E-state index is 5.72.